The maximum absolute atomic E-state index is 8.20. The number of hydrogen-bond donors (Lipinski definition) is 1. The average Bonchev–Trinajstić information content (AvgIpc) is 2.10. The predicted octanol–water partition coefficient (Wildman–Crippen LogP) is 2.06. The lowest BCUT2D eigenvalue weighted by Crippen LogP contribution is -2.06. The van der Waals surface area contributed by atoms with Crippen LogP contribution in [0.15, 0.2) is 5.10 Å². The van der Waals surface area contributed by atoms with Gasteiger partial charge in [0, 0.05) is 12.8 Å². The monoisotopic (exact) mass is 167 g/mol. The second-order valence-corrected chi connectivity index (χ2v) is 2.62. The van der Waals surface area contributed by atoms with Crippen molar-refractivity contribution >= 4 is 6.21 Å². The molecule has 0 aromatic heterocycles. The van der Waals surface area contributed by atoms with E-state index in [9.17, 15) is 0 Å². The van der Waals surface area contributed by atoms with E-state index in [-0.39, 0.29) is 0 Å². The van der Waals surface area contributed by atoms with E-state index in [1.54, 1.807) is 0 Å². The second kappa shape index (κ2) is 9.96. The standard InChI is InChI=1S/C9H17N3/c1-2-3-4-5-8-11-12-9-6-7-10/h8,12H,2-6,9H2,1H3/b11-8-. The Labute approximate surface area is 74.5 Å². The Bertz CT molecular complexity index is 146. The summed E-state index contributed by atoms with van der Waals surface area (Å²) in [5, 5.41) is 12.2. The van der Waals surface area contributed by atoms with E-state index in [0.717, 1.165) is 6.42 Å². The van der Waals surface area contributed by atoms with Crippen molar-refractivity contribution in [2.45, 2.75) is 39.0 Å². The SMILES string of the molecule is CCCCC/C=N\NCCC#N. The summed E-state index contributed by atoms with van der Waals surface area (Å²) in [5.41, 5.74) is 2.81. The maximum atomic E-state index is 8.20. The molecule has 0 unspecified atom stereocenters. The van der Waals surface area contributed by atoms with Crippen LogP contribution in [0.1, 0.15) is 39.0 Å². The summed E-state index contributed by atoms with van der Waals surface area (Å²) in [4.78, 5) is 0. The van der Waals surface area contributed by atoms with Gasteiger partial charge < -0.3 is 5.43 Å². The third-order valence-corrected chi connectivity index (χ3v) is 1.47. The molecule has 0 aliphatic rings. The molecule has 0 rings (SSSR count). The van der Waals surface area contributed by atoms with Gasteiger partial charge in [0.05, 0.1) is 12.5 Å². The Kier molecular flexibility index (Phi) is 9.10. The van der Waals surface area contributed by atoms with Crippen LogP contribution in [0.3, 0.4) is 0 Å². The fourth-order valence-corrected chi connectivity index (χ4v) is 0.791. The highest BCUT2D eigenvalue weighted by Crippen LogP contribution is 1.95. The lowest BCUT2D eigenvalue weighted by molar-refractivity contribution is 0.725. The van der Waals surface area contributed by atoms with Crippen LogP contribution in [-0.4, -0.2) is 12.8 Å². The summed E-state index contributed by atoms with van der Waals surface area (Å²) in [7, 11) is 0. The van der Waals surface area contributed by atoms with Crippen LogP contribution in [0, 0.1) is 11.3 Å². The molecule has 0 heterocycles. The molecule has 12 heavy (non-hydrogen) atoms. The van der Waals surface area contributed by atoms with Gasteiger partial charge in [-0.3, -0.25) is 0 Å². The van der Waals surface area contributed by atoms with Gasteiger partial charge in [-0.05, 0) is 12.8 Å². The summed E-state index contributed by atoms with van der Waals surface area (Å²) >= 11 is 0. The number of nitriles is 1. The van der Waals surface area contributed by atoms with Crippen LogP contribution in [0.25, 0.3) is 0 Å². The molecule has 0 aromatic rings. The van der Waals surface area contributed by atoms with Crippen molar-refractivity contribution in [2.75, 3.05) is 6.54 Å². The van der Waals surface area contributed by atoms with Crippen molar-refractivity contribution in [1.29, 1.82) is 5.26 Å². The lowest BCUT2D eigenvalue weighted by Gasteiger charge is -1.94. The minimum absolute atomic E-state index is 0.520. The Hall–Kier alpha value is -1.04. The number of unbranched alkanes of at least 4 members (excludes halogenated alkanes) is 3. The topological polar surface area (TPSA) is 48.2 Å². The molecule has 0 saturated heterocycles. The molecule has 0 aliphatic heterocycles. The van der Waals surface area contributed by atoms with E-state index in [1.165, 1.54) is 19.3 Å². The second-order valence-electron chi connectivity index (χ2n) is 2.62. The number of hydrogen-bond acceptors (Lipinski definition) is 3. The minimum Gasteiger partial charge on any atom is -0.309 e. The van der Waals surface area contributed by atoms with Crippen molar-refractivity contribution in [2.24, 2.45) is 5.10 Å². The highest BCUT2D eigenvalue weighted by atomic mass is 15.3. The molecule has 1 N–H and O–H groups in total. The molecule has 0 fully saturated rings. The summed E-state index contributed by atoms with van der Waals surface area (Å²) in [5.74, 6) is 0. The first-order valence-corrected chi connectivity index (χ1v) is 4.53. The van der Waals surface area contributed by atoms with Gasteiger partial charge in [-0.1, -0.05) is 19.8 Å². The van der Waals surface area contributed by atoms with Crippen molar-refractivity contribution in [3.63, 3.8) is 0 Å². The van der Waals surface area contributed by atoms with Gasteiger partial charge in [0.15, 0.2) is 0 Å². The van der Waals surface area contributed by atoms with Crippen LogP contribution in [0.2, 0.25) is 0 Å². The number of nitrogens with zero attached hydrogens (tertiary/aromatic N) is 2. The van der Waals surface area contributed by atoms with Gasteiger partial charge in [-0.15, -0.1) is 0 Å². The fourth-order valence-electron chi connectivity index (χ4n) is 0.791. The fraction of sp³-hybridized carbons (Fsp3) is 0.778. The largest absolute Gasteiger partial charge is 0.309 e. The molecule has 0 radical (unpaired) electrons. The first-order chi connectivity index (χ1) is 5.91. The Morgan fingerprint density at radius 3 is 3.00 bits per heavy atom. The van der Waals surface area contributed by atoms with Crippen molar-refractivity contribution < 1.29 is 0 Å². The highest BCUT2D eigenvalue weighted by Gasteiger charge is 1.82. The first-order valence-electron chi connectivity index (χ1n) is 4.53. The summed E-state index contributed by atoms with van der Waals surface area (Å²) < 4.78 is 0. The van der Waals surface area contributed by atoms with E-state index >= 15 is 0 Å². The average molecular weight is 167 g/mol. The quantitative estimate of drug-likeness (QED) is 0.358. The van der Waals surface area contributed by atoms with Gasteiger partial charge in [0.2, 0.25) is 0 Å². The Balaban J connectivity index is 2.99. The molecule has 0 atom stereocenters. The molecular weight excluding hydrogens is 150 g/mol. The smallest absolute Gasteiger partial charge is 0.0640 e. The van der Waals surface area contributed by atoms with Gasteiger partial charge in [-0.25, -0.2) is 0 Å². The maximum Gasteiger partial charge on any atom is 0.0640 e. The minimum atomic E-state index is 0.520. The van der Waals surface area contributed by atoms with Gasteiger partial charge in [0.1, 0.15) is 0 Å². The Morgan fingerprint density at radius 2 is 2.33 bits per heavy atom. The van der Waals surface area contributed by atoms with Crippen LogP contribution >= 0.6 is 0 Å². The predicted molar refractivity (Wildman–Crippen MR) is 50.9 cm³/mol. The van der Waals surface area contributed by atoms with Gasteiger partial charge in [0.25, 0.3) is 0 Å². The lowest BCUT2D eigenvalue weighted by atomic mass is 10.2. The molecule has 0 saturated carbocycles. The normalized spacial score (nSPS) is 10.0. The van der Waals surface area contributed by atoms with E-state index < -0.39 is 0 Å². The number of rotatable bonds is 7. The zero-order chi connectivity index (χ0) is 9.07. The van der Waals surface area contributed by atoms with Crippen LogP contribution in [-0.2, 0) is 0 Å². The Morgan fingerprint density at radius 1 is 1.50 bits per heavy atom. The van der Waals surface area contributed by atoms with Gasteiger partial charge in [-0.2, -0.15) is 10.4 Å². The molecule has 0 bridgehead atoms. The molecular formula is C9H17N3. The molecule has 3 nitrogen and oxygen atoms in total. The molecule has 0 aromatic carbocycles. The number of nitrogens with one attached hydrogen (secondary N) is 1. The van der Waals surface area contributed by atoms with E-state index in [4.69, 9.17) is 5.26 Å². The third kappa shape index (κ3) is 8.96. The van der Waals surface area contributed by atoms with Crippen LogP contribution in [0.5, 0.6) is 0 Å². The van der Waals surface area contributed by atoms with Crippen LogP contribution < -0.4 is 5.43 Å². The van der Waals surface area contributed by atoms with E-state index in [2.05, 4.69) is 17.5 Å². The first kappa shape index (κ1) is 11.0. The van der Waals surface area contributed by atoms with Crippen LogP contribution in [0.4, 0.5) is 0 Å². The molecule has 3 heteroatoms. The van der Waals surface area contributed by atoms with E-state index in [1.807, 2.05) is 12.3 Å². The van der Waals surface area contributed by atoms with Crippen molar-refractivity contribution in [3.05, 3.63) is 0 Å². The van der Waals surface area contributed by atoms with Crippen molar-refractivity contribution in [3.8, 4) is 6.07 Å². The van der Waals surface area contributed by atoms with Gasteiger partial charge >= 0.3 is 0 Å². The zero-order valence-corrected chi connectivity index (χ0v) is 7.71. The summed E-state index contributed by atoms with van der Waals surface area (Å²) in [6.07, 6.45) is 7.16. The summed E-state index contributed by atoms with van der Waals surface area (Å²) in [6.45, 7) is 2.84. The molecule has 0 amide bonds. The number of hydrazone groups is 1. The third-order valence-electron chi connectivity index (χ3n) is 1.47. The molecule has 0 aliphatic carbocycles. The van der Waals surface area contributed by atoms with E-state index in [0.29, 0.717) is 13.0 Å². The van der Waals surface area contributed by atoms with Crippen molar-refractivity contribution in [1.82, 2.24) is 5.43 Å². The summed E-state index contributed by atoms with van der Waals surface area (Å²) in [6, 6.07) is 2.04. The highest BCUT2D eigenvalue weighted by molar-refractivity contribution is 5.56. The zero-order valence-electron chi connectivity index (χ0n) is 7.71. The molecule has 0 spiro atoms. The molecule has 68 valence electrons.